The van der Waals surface area contributed by atoms with Crippen LogP contribution in [0.1, 0.15) is 16.1 Å². The van der Waals surface area contributed by atoms with Gasteiger partial charge >= 0.3 is 0 Å². The van der Waals surface area contributed by atoms with Gasteiger partial charge in [-0.3, -0.25) is 9.59 Å². The Labute approximate surface area is 126 Å². The lowest BCUT2D eigenvalue weighted by atomic mass is 10.2. The summed E-state index contributed by atoms with van der Waals surface area (Å²) in [5, 5.41) is 0.102. The maximum Gasteiger partial charge on any atom is 0.290 e. The molecule has 1 heterocycles. The monoisotopic (exact) mass is 307 g/mol. The van der Waals surface area contributed by atoms with Gasteiger partial charge in [0.05, 0.1) is 0 Å². The van der Waals surface area contributed by atoms with Crippen LogP contribution in [0.5, 0.6) is 0 Å². The van der Waals surface area contributed by atoms with E-state index < -0.39 is 11.8 Å². The van der Waals surface area contributed by atoms with Crippen molar-refractivity contribution in [1.29, 1.82) is 0 Å². The quantitative estimate of drug-likeness (QED) is 0.820. The largest absolute Gasteiger partial charge is 0.440 e. The number of hydrogen-bond donors (Lipinski definition) is 2. The van der Waals surface area contributed by atoms with Gasteiger partial charge in [-0.15, -0.1) is 0 Å². The summed E-state index contributed by atoms with van der Waals surface area (Å²) >= 11 is 5.65. The van der Waals surface area contributed by atoms with Crippen LogP contribution in [0.25, 0.3) is 0 Å². The Morgan fingerprint density at radius 2 is 1.81 bits per heavy atom. The Kier molecular flexibility index (Phi) is 4.49. The number of amides is 2. The molecule has 21 heavy (non-hydrogen) atoms. The molecule has 0 unspecified atom stereocenters. The van der Waals surface area contributed by atoms with Gasteiger partial charge < -0.3 is 20.8 Å². The van der Waals surface area contributed by atoms with Crippen molar-refractivity contribution in [2.24, 2.45) is 5.73 Å². The van der Waals surface area contributed by atoms with Crippen molar-refractivity contribution in [3.05, 3.63) is 52.9 Å². The van der Waals surface area contributed by atoms with Crippen molar-refractivity contribution >= 4 is 29.1 Å². The lowest BCUT2D eigenvalue weighted by Crippen LogP contribution is -2.37. The predicted octanol–water partition coefficient (Wildman–Crippen LogP) is 1.64. The van der Waals surface area contributed by atoms with E-state index in [0.29, 0.717) is 5.69 Å². The minimum atomic E-state index is -0.614. The SMILES string of the molecule is NC(=O)CN(Cc1ccc(N)cc1)C(=O)c1ccc(Cl)o1. The Bertz CT molecular complexity index is 652. The highest BCUT2D eigenvalue weighted by atomic mass is 35.5. The van der Waals surface area contributed by atoms with Crippen molar-refractivity contribution in [1.82, 2.24) is 4.90 Å². The van der Waals surface area contributed by atoms with E-state index in [4.69, 9.17) is 27.5 Å². The number of primary amides is 1. The number of carbonyl (C=O) groups excluding carboxylic acids is 2. The molecule has 0 spiro atoms. The smallest absolute Gasteiger partial charge is 0.290 e. The molecule has 0 aliphatic rings. The van der Waals surface area contributed by atoms with Crippen LogP contribution in [0, 0.1) is 0 Å². The van der Waals surface area contributed by atoms with Crippen molar-refractivity contribution in [2.75, 3.05) is 12.3 Å². The molecule has 7 heteroatoms. The molecule has 4 N–H and O–H groups in total. The first-order valence-corrected chi connectivity index (χ1v) is 6.51. The first kappa shape index (κ1) is 14.9. The van der Waals surface area contributed by atoms with Gasteiger partial charge in [0.1, 0.15) is 6.54 Å². The van der Waals surface area contributed by atoms with Crippen LogP contribution in [0.4, 0.5) is 5.69 Å². The van der Waals surface area contributed by atoms with Gasteiger partial charge in [-0.2, -0.15) is 0 Å². The fraction of sp³-hybridized carbons (Fsp3) is 0.143. The molecule has 0 aliphatic heterocycles. The lowest BCUT2D eigenvalue weighted by molar-refractivity contribution is -0.118. The summed E-state index contributed by atoms with van der Waals surface area (Å²) in [5.41, 5.74) is 12.2. The summed E-state index contributed by atoms with van der Waals surface area (Å²) in [4.78, 5) is 24.7. The highest BCUT2D eigenvalue weighted by Crippen LogP contribution is 2.17. The summed E-state index contributed by atoms with van der Waals surface area (Å²) in [6.45, 7) is -0.0120. The van der Waals surface area contributed by atoms with Gasteiger partial charge in [-0.25, -0.2) is 0 Å². The number of nitrogens with two attached hydrogens (primary N) is 2. The third-order valence-electron chi connectivity index (χ3n) is 2.77. The first-order chi connectivity index (χ1) is 9.95. The van der Waals surface area contributed by atoms with Crippen LogP contribution < -0.4 is 11.5 Å². The van der Waals surface area contributed by atoms with Gasteiger partial charge in [0, 0.05) is 12.2 Å². The van der Waals surface area contributed by atoms with Crippen LogP contribution in [-0.2, 0) is 11.3 Å². The number of carbonyl (C=O) groups is 2. The summed E-state index contributed by atoms with van der Waals surface area (Å²) < 4.78 is 5.07. The maximum atomic E-state index is 12.3. The summed E-state index contributed by atoms with van der Waals surface area (Å²) in [5.74, 6) is -1.02. The zero-order valence-electron chi connectivity index (χ0n) is 11.1. The van der Waals surface area contributed by atoms with E-state index in [2.05, 4.69) is 0 Å². The highest BCUT2D eigenvalue weighted by Gasteiger charge is 2.21. The average molecular weight is 308 g/mol. The van der Waals surface area contributed by atoms with E-state index in [1.54, 1.807) is 24.3 Å². The number of hydrogen-bond acceptors (Lipinski definition) is 4. The second-order valence-electron chi connectivity index (χ2n) is 4.47. The van der Waals surface area contributed by atoms with Crippen molar-refractivity contribution in [3.8, 4) is 0 Å². The fourth-order valence-electron chi connectivity index (χ4n) is 1.82. The summed E-state index contributed by atoms with van der Waals surface area (Å²) in [6.07, 6.45) is 0. The molecular formula is C14H14ClN3O3. The van der Waals surface area contributed by atoms with Gasteiger partial charge in [0.15, 0.2) is 11.0 Å². The molecule has 2 amide bonds. The number of nitrogen functional groups attached to an aromatic ring is 1. The predicted molar refractivity (Wildman–Crippen MR) is 78.5 cm³/mol. The molecule has 0 aliphatic carbocycles. The van der Waals surface area contributed by atoms with Crippen LogP contribution in [0.15, 0.2) is 40.8 Å². The Balaban J connectivity index is 2.19. The molecule has 2 rings (SSSR count). The number of rotatable bonds is 5. The zero-order chi connectivity index (χ0) is 15.4. The molecular weight excluding hydrogens is 294 g/mol. The summed E-state index contributed by atoms with van der Waals surface area (Å²) in [6, 6.07) is 9.87. The topological polar surface area (TPSA) is 103 Å². The van der Waals surface area contributed by atoms with Gasteiger partial charge in [-0.05, 0) is 41.4 Å². The molecule has 0 saturated heterocycles. The fourth-order valence-corrected chi connectivity index (χ4v) is 1.96. The molecule has 1 aromatic carbocycles. The average Bonchev–Trinajstić information content (AvgIpc) is 2.86. The van der Waals surface area contributed by atoms with Gasteiger partial charge in [0.25, 0.3) is 5.91 Å². The van der Waals surface area contributed by atoms with Gasteiger partial charge in [-0.1, -0.05) is 12.1 Å². The Morgan fingerprint density at radius 1 is 1.14 bits per heavy atom. The number of benzene rings is 1. The first-order valence-electron chi connectivity index (χ1n) is 6.13. The van der Waals surface area contributed by atoms with Crippen molar-refractivity contribution < 1.29 is 14.0 Å². The van der Waals surface area contributed by atoms with E-state index in [-0.39, 0.29) is 24.1 Å². The minimum Gasteiger partial charge on any atom is -0.440 e. The van der Waals surface area contributed by atoms with Crippen molar-refractivity contribution in [2.45, 2.75) is 6.54 Å². The normalized spacial score (nSPS) is 10.3. The molecule has 0 fully saturated rings. The van der Waals surface area contributed by atoms with Gasteiger partial charge in [0.2, 0.25) is 5.91 Å². The molecule has 0 atom stereocenters. The van der Waals surface area contributed by atoms with E-state index in [1.165, 1.54) is 17.0 Å². The standard InChI is InChI=1S/C14H14ClN3O3/c15-12-6-5-11(21-12)14(20)18(8-13(17)19)7-9-1-3-10(16)4-2-9/h1-6H,7-8,16H2,(H2,17,19). The Hall–Kier alpha value is -2.47. The van der Waals surface area contributed by atoms with E-state index in [0.717, 1.165) is 5.56 Å². The molecule has 6 nitrogen and oxygen atoms in total. The third kappa shape index (κ3) is 4.00. The van der Waals surface area contributed by atoms with Crippen LogP contribution in [0.3, 0.4) is 0 Å². The van der Waals surface area contributed by atoms with Crippen LogP contribution in [-0.4, -0.2) is 23.3 Å². The second-order valence-corrected chi connectivity index (χ2v) is 4.85. The number of nitrogens with zero attached hydrogens (tertiary/aromatic N) is 1. The maximum absolute atomic E-state index is 12.3. The molecule has 0 bridgehead atoms. The number of furan rings is 1. The molecule has 1 aromatic heterocycles. The highest BCUT2D eigenvalue weighted by molar-refractivity contribution is 6.29. The Morgan fingerprint density at radius 3 is 2.33 bits per heavy atom. The van der Waals surface area contributed by atoms with E-state index in [9.17, 15) is 9.59 Å². The zero-order valence-corrected chi connectivity index (χ0v) is 11.8. The van der Waals surface area contributed by atoms with Crippen LogP contribution >= 0.6 is 11.6 Å². The van der Waals surface area contributed by atoms with Crippen molar-refractivity contribution in [3.63, 3.8) is 0 Å². The minimum absolute atomic E-state index is 0.0525. The van der Waals surface area contributed by atoms with E-state index in [1.807, 2.05) is 0 Å². The number of anilines is 1. The number of halogens is 1. The molecule has 2 aromatic rings. The van der Waals surface area contributed by atoms with E-state index >= 15 is 0 Å². The summed E-state index contributed by atoms with van der Waals surface area (Å²) in [7, 11) is 0. The lowest BCUT2D eigenvalue weighted by Gasteiger charge is -2.20. The molecule has 110 valence electrons. The second kappa shape index (κ2) is 6.32. The third-order valence-corrected chi connectivity index (χ3v) is 2.97. The van der Waals surface area contributed by atoms with Crippen LogP contribution in [0.2, 0.25) is 5.22 Å². The molecule has 0 saturated carbocycles. The molecule has 0 radical (unpaired) electrons.